The minimum Gasteiger partial charge on any atom is -0.457 e. The van der Waals surface area contributed by atoms with Crippen molar-refractivity contribution in [3.05, 3.63) is 59.1 Å². The van der Waals surface area contributed by atoms with Crippen molar-refractivity contribution in [2.75, 3.05) is 0 Å². The molecule has 2 nitrogen and oxygen atoms in total. The summed E-state index contributed by atoms with van der Waals surface area (Å²) in [6.45, 7) is 1.97. The van der Waals surface area contributed by atoms with Gasteiger partial charge in [-0.3, -0.25) is 0 Å². The van der Waals surface area contributed by atoms with E-state index in [0.29, 0.717) is 5.02 Å². The van der Waals surface area contributed by atoms with E-state index in [0.717, 1.165) is 23.5 Å². The second kappa shape index (κ2) is 5.89. The average Bonchev–Trinajstić information content (AvgIpc) is 2.33. The molecule has 0 aliphatic heterocycles. The molecular formula is C15H16ClNO. The molecule has 0 saturated heterocycles. The lowest BCUT2D eigenvalue weighted by molar-refractivity contribution is 0.474. The third kappa shape index (κ3) is 3.49. The van der Waals surface area contributed by atoms with Crippen LogP contribution in [0, 0.1) is 0 Å². The zero-order chi connectivity index (χ0) is 13.0. The Bertz CT molecular complexity index is 511. The number of rotatable bonds is 4. The van der Waals surface area contributed by atoms with Gasteiger partial charge in [-0.2, -0.15) is 0 Å². The average molecular weight is 262 g/mol. The van der Waals surface area contributed by atoms with E-state index >= 15 is 0 Å². The zero-order valence-electron chi connectivity index (χ0n) is 10.3. The summed E-state index contributed by atoms with van der Waals surface area (Å²) >= 11 is 6.01. The Labute approximate surface area is 112 Å². The van der Waals surface area contributed by atoms with Gasteiger partial charge in [0, 0.05) is 11.1 Å². The molecule has 18 heavy (non-hydrogen) atoms. The normalized spacial score (nSPS) is 12.2. The van der Waals surface area contributed by atoms with Gasteiger partial charge in [-0.1, -0.05) is 35.9 Å². The van der Waals surface area contributed by atoms with Crippen LogP contribution >= 0.6 is 11.6 Å². The van der Waals surface area contributed by atoms with Crippen molar-refractivity contribution >= 4 is 11.6 Å². The van der Waals surface area contributed by atoms with E-state index in [4.69, 9.17) is 22.1 Å². The summed E-state index contributed by atoms with van der Waals surface area (Å²) in [6.07, 6.45) is 0.763. The Hall–Kier alpha value is -1.51. The van der Waals surface area contributed by atoms with Gasteiger partial charge in [-0.05, 0) is 43.2 Å². The van der Waals surface area contributed by atoms with Crippen LogP contribution in [0.1, 0.15) is 12.5 Å². The maximum Gasteiger partial charge on any atom is 0.132 e. The van der Waals surface area contributed by atoms with E-state index in [1.54, 1.807) is 0 Å². The van der Waals surface area contributed by atoms with Crippen LogP contribution in [0.3, 0.4) is 0 Å². The number of hydrogen-bond donors (Lipinski definition) is 1. The summed E-state index contributed by atoms with van der Waals surface area (Å²) < 4.78 is 5.85. The van der Waals surface area contributed by atoms with Gasteiger partial charge in [0.1, 0.15) is 11.5 Å². The summed E-state index contributed by atoms with van der Waals surface area (Å²) in [7, 11) is 0. The van der Waals surface area contributed by atoms with Crippen LogP contribution in [0.25, 0.3) is 0 Å². The van der Waals surface area contributed by atoms with Gasteiger partial charge in [0.2, 0.25) is 0 Å². The molecule has 0 aliphatic carbocycles. The van der Waals surface area contributed by atoms with Crippen LogP contribution in [0.5, 0.6) is 11.5 Å². The van der Waals surface area contributed by atoms with Crippen molar-refractivity contribution in [1.82, 2.24) is 0 Å². The van der Waals surface area contributed by atoms with Crippen molar-refractivity contribution in [2.45, 2.75) is 19.4 Å². The summed E-state index contributed by atoms with van der Waals surface area (Å²) in [5.74, 6) is 1.57. The molecule has 0 aromatic heterocycles. The molecule has 2 aromatic carbocycles. The van der Waals surface area contributed by atoms with Crippen molar-refractivity contribution < 1.29 is 4.74 Å². The van der Waals surface area contributed by atoms with Crippen molar-refractivity contribution in [1.29, 1.82) is 0 Å². The van der Waals surface area contributed by atoms with Gasteiger partial charge in [-0.25, -0.2) is 0 Å². The standard InChI is InChI=1S/C15H16ClNO/c1-11(17)9-12-7-8-13(16)10-15(12)18-14-5-3-2-4-6-14/h2-8,10-11H,9,17H2,1H3. The van der Waals surface area contributed by atoms with Crippen LogP contribution in [-0.4, -0.2) is 6.04 Å². The van der Waals surface area contributed by atoms with Crippen LogP contribution in [0.4, 0.5) is 0 Å². The Kier molecular flexibility index (Phi) is 4.24. The molecule has 2 rings (SSSR count). The SMILES string of the molecule is CC(N)Cc1ccc(Cl)cc1Oc1ccccc1. The number of ether oxygens (including phenoxy) is 1. The molecule has 94 valence electrons. The first kappa shape index (κ1) is 12.9. The Morgan fingerprint density at radius 3 is 2.56 bits per heavy atom. The fraction of sp³-hybridized carbons (Fsp3) is 0.200. The van der Waals surface area contributed by atoms with E-state index in [1.807, 2.05) is 55.5 Å². The molecule has 0 aliphatic rings. The summed E-state index contributed by atoms with van der Waals surface area (Å²) in [4.78, 5) is 0. The number of nitrogens with two attached hydrogens (primary N) is 1. The van der Waals surface area contributed by atoms with Crippen LogP contribution in [0.2, 0.25) is 5.02 Å². The monoisotopic (exact) mass is 261 g/mol. The summed E-state index contributed by atoms with van der Waals surface area (Å²) in [5, 5.41) is 0.661. The first-order valence-electron chi connectivity index (χ1n) is 5.92. The maximum absolute atomic E-state index is 6.01. The molecule has 2 N–H and O–H groups in total. The highest BCUT2D eigenvalue weighted by Crippen LogP contribution is 2.29. The van der Waals surface area contributed by atoms with Crippen LogP contribution < -0.4 is 10.5 Å². The summed E-state index contributed by atoms with van der Waals surface area (Å²) in [5.41, 5.74) is 6.90. The number of para-hydroxylation sites is 1. The molecule has 1 unspecified atom stereocenters. The Balaban J connectivity index is 2.27. The fourth-order valence-corrected chi connectivity index (χ4v) is 1.92. The topological polar surface area (TPSA) is 35.2 Å². The van der Waals surface area contributed by atoms with Gasteiger partial charge in [0.15, 0.2) is 0 Å². The van der Waals surface area contributed by atoms with Crippen LogP contribution in [0.15, 0.2) is 48.5 Å². The van der Waals surface area contributed by atoms with Crippen molar-refractivity contribution in [3.63, 3.8) is 0 Å². The highest BCUT2D eigenvalue weighted by molar-refractivity contribution is 6.30. The molecule has 0 bridgehead atoms. The summed E-state index contributed by atoms with van der Waals surface area (Å²) in [6, 6.07) is 15.4. The lowest BCUT2D eigenvalue weighted by atomic mass is 10.1. The van der Waals surface area contributed by atoms with E-state index in [2.05, 4.69) is 0 Å². The lowest BCUT2D eigenvalue weighted by Gasteiger charge is -2.13. The van der Waals surface area contributed by atoms with E-state index in [1.165, 1.54) is 0 Å². The third-order valence-electron chi connectivity index (χ3n) is 2.54. The fourth-order valence-electron chi connectivity index (χ4n) is 1.75. The molecule has 3 heteroatoms. The third-order valence-corrected chi connectivity index (χ3v) is 2.78. The van der Waals surface area contributed by atoms with E-state index < -0.39 is 0 Å². The predicted octanol–water partition coefficient (Wildman–Crippen LogP) is 4.02. The van der Waals surface area contributed by atoms with Gasteiger partial charge >= 0.3 is 0 Å². The van der Waals surface area contributed by atoms with Gasteiger partial charge in [-0.15, -0.1) is 0 Å². The lowest BCUT2D eigenvalue weighted by Crippen LogP contribution is -2.18. The molecule has 0 amide bonds. The van der Waals surface area contributed by atoms with Crippen molar-refractivity contribution in [3.8, 4) is 11.5 Å². The molecule has 0 fully saturated rings. The molecule has 1 atom stereocenters. The van der Waals surface area contributed by atoms with Gasteiger partial charge < -0.3 is 10.5 Å². The van der Waals surface area contributed by atoms with E-state index in [9.17, 15) is 0 Å². The quantitative estimate of drug-likeness (QED) is 0.902. The molecule has 0 radical (unpaired) electrons. The van der Waals surface area contributed by atoms with E-state index in [-0.39, 0.29) is 6.04 Å². The first-order chi connectivity index (χ1) is 8.65. The molecular weight excluding hydrogens is 246 g/mol. The molecule has 0 spiro atoms. The highest BCUT2D eigenvalue weighted by atomic mass is 35.5. The first-order valence-corrected chi connectivity index (χ1v) is 6.30. The minimum absolute atomic E-state index is 0.0873. The Morgan fingerprint density at radius 1 is 1.17 bits per heavy atom. The molecule has 0 saturated carbocycles. The number of benzene rings is 2. The highest BCUT2D eigenvalue weighted by Gasteiger charge is 2.08. The smallest absolute Gasteiger partial charge is 0.132 e. The molecule has 0 heterocycles. The predicted molar refractivity (Wildman–Crippen MR) is 75.3 cm³/mol. The van der Waals surface area contributed by atoms with Crippen molar-refractivity contribution in [2.24, 2.45) is 5.73 Å². The minimum atomic E-state index is 0.0873. The molecule has 2 aromatic rings. The second-order valence-electron chi connectivity index (χ2n) is 4.35. The maximum atomic E-state index is 6.01. The number of halogens is 1. The van der Waals surface area contributed by atoms with Gasteiger partial charge in [0.25, 0.3) is 0 Å². The van der Waals surface area contributed by atoms with Crippen LogP contribution in [-0.2, 0) is 6.42 Å². The zero-order valence-corrected chi connectivity index (χ0v) is 11.0. The Morgan fingerprint density at radius 2 is 1.89 bits per heavy atom. The van der Waals surface area contributed by atoms with Gasteiger partial charge in [0.05, 0.1) is 0 Å². The number of hydrogen-bond acceptors (Lipinski definition) is 2. The second-order valence-corrected chi connectivity index (χ2v) is 4.79. The largest absolute Gasteiger partial charge is 0.457 e.